The van der Waals surface area contributed by atoms with Gasteiger partial charge in [-0.05, 0) is 43.5 Å². The van der Waals surface area contributed by atoms with E-state index in [0.29, 0.717) is 5.16 Å². The monoisotopic (exact) mass is 409 g/mol. The lowest BCUT2D eigenvalue weighted by Crippen LogP contribution is -2.17. The molecule has 0 fully saturated rings. The number of hydrogen-bond donors (Lipinski definition) is 3. The molecule has 4 N–H and O–H groups in total. The third kappa shape index (κ3) is 5.35. The number of carbonyl (C=O) groups is 1. The highest BCUT2D eigenvalue weighted by Gasteiger charge is 2.13. The van der Waals surface area contributed by atoms with Gasteiger partial charge in [-0.3, -0.25) is 4.79 Å². The molecule has 1 aromatic heterocycles. The summed E-state index contributed by atoms with van der Waals surface area (Å²) in [5.74, 6) is 6.33. The van der Waals surface area contributed by atoms with E-state index in [2.05, 4.69) is 26.0 Å². The molecule has 0 aliphatic carbocycles. The highest BCUT2D eigenvalue weighted by Crippen LogP contribution is 2.19. The Bertz CT molecular complexity index is 1030. The summed E-state index contributed by atoms with van der Waals surface area (Å²) < 4.78 is 1.28. The molecule has 8 nitrogen and oxygen atoms in total. The van der Waals surface area contributed by atoms with E-state index in [4.69, 9.17) is 5.84 Å². The second-order valence-electron chi connectivity index (χ2n) is 6.51. The number of rotatable bonds is 7. The zero-order chi connectivity index (χ0) is 20.8. The zero-order valence-electron chi connectivity index (χ0n) is 16.5. The SMILES string of the molecule is C/C(=N\Nc1nnc(SCC(=O)Nc2cc(C)ccc2C)n1N)c1ccccc1. The number of hydrogen-bond acceptors (Lipinski definition) is 7. The fourth-order valence-corrected chi connectivity index (χ4v) is 3.17. The molecular weight excluding hydrogens is 386 g/mol. The van der Waals surface area contributed by atoms with Gasteiger partial charge in [0.05, 0.1) is 11.5 Å². The van der Waals surface area contributed by atoms with Gasteiger partial charge in [-0.25, -0.2) is 10.1 Å². The van der Waals surface area contributed by atoms with Crippen molar-refractivity contribution >= 4 is 35.0 Å². The van der Waals surface area contributed by atoms with Crippen molar-refractivity contribution in [2.75, 3.05) is 22.3 Å². The van der Waals surface area contributed by atoms with E-state index in [1.165, 1.54) is 16.4 Å². The summed E-state index contributed by atoms with van der Waals surface area (Å²) in [4.78, 5) is 12.3. The number of carbonyl (C=O) groups excluding carboxylic acids is 1. The first-order valence-corrected chi connectivity index (χ1v) is 9.98. The third-order valence-electron chi connectivity index (χ3n) is 4.18. The maximum atomic E-state index is 12.3. The van der Waals surface area contributed by atoms with Crippen LogP contribution in [-0.2, 0) is 4.79 Å². The Morgan fingerprint density at radius 1 is 1.17 bits per heavy atom. The number of nitrogen functional groups attached to an aromatic ring is 1. The van der Waals surface area contributed by atoms with E-state index < -0.39 is 0 Å². The standard InChI is InChI=1S/C20H23N7OS/c1-13-9-10-14(2)17(11-13)22-18(28)12-29-20-26-25-19(27(20)21)24-23-15(3)16-7-5-4-6-8-16/h4-11H,12,21H2,1-3H3,(H,22,28)(H,24,25)/b23-15+. The number of hydrazone groups is 1. The first-order valence-electron chi connectivity index (χ1n) is 9.00. The molecule has 9 heteroatoms. The van der Waals surface area contributed by atoms with E-state index in [1.54, 1.807) is 0 Å². The Balaban J connectivity index is 1.58. The van der Waals surface area contributed by atoms with Crippen LogP contribution in [0.4, 0.5) is 11.6 Å². The van der Waals surface area contributed by atoms with Gasteiger partial charge in [0.1, 0.15) is 0 Å². The maximum Gasteiger partial charge on any atom is 0.264 e. The highest BCUT2D eigenvalue weighted by molar-refractivity contribution is 7.99. The Morgan fingerprint density at radius 2 is 1.93 bits per heavy atom. The average Bonchev–Trinajstić information content (AvgIpc) is 3.07. The lowest BCUT2D eigenvalue weighted by molar-refractivity contribution is -0.113. The largest absolute Gasteiger partial charge is 0.334 e. The minimum Gasteiger partial charge on any atom is -0.334 e. The molecule has 0 saturated carbocycles. The first-order chi connectivity index (χ1) is 13.9. The van der Waals surface area contributed by atoms with Crippen LogP contribution >= 0.6 is 11.8 Å². The fraction of sp³-hybridized carbons (Fsp3) is 0.200. The molecule has 0 radical (unpaired) electrons. The van der Waals surface area contributed by atoms with Gasteiger partial charge in [-0.1, -0.05) is 54.2 Å². The summed E-state index contributed by atoms with van der Waals surface area (Å²) in [7, 11) is 0. The van der Waals surface area contributed by atoms with Crippen LogP contribution in [0.1, 0.15) is 23.6 Å². The Hall–Kier alpha value is -3.33. The molecule has 1 amide bonds. The van der Waals surface area contributed by atoms with Crippen molar-refractivity contribution in [3.05, 3.63) is 65.2 Å². The zero-order valence-corrected chi connectivity index (χ0v) is 17.3. The molecule has 2 aromatic carbocycles. The molecule has 0 aliphatic rings. The van der Waals surface area contributed by atoms with Gasteiger partial charge in [0.2, 0.25) is 11.1 Å². The average molecular weight is 410 g/mol. The molecule has 0 bridgehead atoms. The van der Waals surface area contributed by atoms with Gasteiger partial charge in [0, 0.05) is 5.69 Å². The van der Waals surface area contributed by atoms with Crippen molar-refractivity contribution in [3.63, 3.8) is 0 Å². The summed E-state index contributed by atoms with van der Waals surface area (Å²) >= 11 is 1.20. The topological polar surface area (TPSA) is 110 Å². The van der Waals surface area contributed by atoms with E-state index in [-0.39, 0.29) is 17.6 Å². The number of nitrogens with two attached hydrogens (primary N) is 1. The number of aryl methyl sites for hydroxylation is 2. The molecule has 3 rings (SSSR count). The van der Waals surface area contributed by atoms with Gasteiger partial charge in [-0.2, -0.15) is 5.10 Å². The van der Waals surface area contributed by atoms with Crippen LogP contribution in [0.5, 0.6) is 0 Å². The highest BCUT2D eigenvalue weighted by atomic mass is 32.2. The summed E-state index contributed by atoms with van der Waals surface area (Å²) in [6.45, 7) is 5.82. The molecule has 0 aliphatic heterocycles. The molecule has 29 heavy (non-hydrogen) atoms. The van der Waals surface area contributed by atoms with Gasteiger partial charge >= 0.3 is 0 Å². The van der Waals surface area contributed by atoms with Crippen LogP contribution in [0.25, 0.3) is 0 Å². The van der Waals surface area contributed by atoms with Crippen LogP contribution < -0.4 is 16.6 Å². The normalized spacial score (nSPS) is 11.3. The molecule has 1 heterocycles. The van der Waals surface area contributed by atoms with Gasteiger partial charge in [0.25, 0.3) is 5.95 Å². The van der Waals surface area contributed by atoms with E-state index in [0.717, 1.165) is 28.1 Å². The second-order valence-corrected chi connectivity index (χ2v) is 7.45. The van der Waals surface area contributed by atoms with Crippen molar-refractivity contribution in [1.82, 2.24) is 14.9 Å². The van der Waals surface area contributed by atoms with Crippen LogP contribution in [-0.4, -0.2) is 32.2 Å². The van der Waals surface area contributed by atoms with Crippen molar-refractivity contribution in [2.24, 2.45) is 5.10 Å². The Morgan fingerprint density at radius 3 is 2.69 bits per heavy atom. The minimum absolute atomic E-state index is 0.140. The number of nitrogens with one attached hydrogen (secondary N) is 2. The minimum atomic E-state index is -0.140. The van der Waals surface area contributed by atoms with E-state index >= 15 is 0 Å². The first kappa shape index (κ1) is 20.4. The molecule has 0 saturated heterocycles. The summed E-state index contributed by atoms with van der Waals surface area (Å²) in [6, 6.07) is 15.7. The summed E-state index contributed by atoms with van der Waals surface area (Å²) in [5, 5.41) is 15.6. The van der Waals surface area contributed by atoms with Gasteiger partial charge in [-0.15, -0.1) is 10.2 Å². The molecule has 0 atom stereocenters. The maximum absolute atomic E-state index is 12.3. The lowest BCUT2D eigenvalue weighted by Gasteiger charge is -2.09. The number of aromatic nitrogens is 3. The van der Waals surface area contributed by atoms with Crippen molar-refractivity contribution in [2.45, 2.75) is 25.9 Å². The van der Waals surface area contributed by atoms with Crippen molar-refractivity contribution < 1.29 is 4.79 Å². The quantitative estimate of drug-likeness (QED) is 0.239. The van der Waals surface area contributed by atoms with Gasteiger partial charge < -0.3 is 11.2 Å². The fourth-order valence-electron chi connectivity index (χ4n) is 2.52. The van der Waals surface area contributed by atoms with Crippen LogP contribution in [0, 0.1) is 13.8 Å². The number of nitrogens with zero attached hydrogens (tertiary/aromatic N) is 4. The Labute approximate surface area is 173 Å². The smallest absolute Gasteiger partial charge is 0.264 e. The van der Waals surface area contributed by atoms with Crippen LogP contribution in [0.15, 0.2) is 58.8 Å². The predicted octanol–water partition coefficient (Wildman–Crippen LogP) is 3.18. The van der Waals surface area contributed by atoms with Crippen LogP contribution in [0.3, 0.4) is 0 Å². The van der Waals surface area contributed by atoms with E-state index in [9.17, 15) is 4.79 Å². The molecular formula is C20H23N7OS. The summed E-state index contributed by atoms with van der Waals surface area (Å²) in [5.41, 5.74) is 7.48. The molecule has 3 aromatic rings. The van der Waals surface area contributed by atoms with E-state index in [1.807, 2.05) is 69.3 Å². The molecule has 150 valence electrons. The van der Waals surface area contributed by atoms with Crippen molar-refractivity contribution in [1.29, 1.82) is 0 Å². The predicted molar refractivity (Wildman–Crippen MR) is 118 cm³/mol. The van der Waals surface area contributed by atoms with Crippen molar-refractivity contribution in [3.8, 4) is 0 Å². The second kappa shape index (κ2) is 9.24. The molecule has 0 spiro atoms. The third-order valence-corrected chi connectivity index (χ3v) is 5.12. The number of thioether (sulfide) groups is 1. The number of amides is 1. The van der Waals surface area contributed by atoms with Crippen LogP contribution in [0.2, 0.25) is 0 Å². The molecule has 0 unspecified atom stereocenters. The number of benzene rings is 2. The summed E-state index contributed by atoms with van der Waals surface area (Å²) in [6.07, 6.45) is 0. The lowest BCUT2D eigenvalue weighted by atomic mass is 10.1. The van der Waals surface area contributed by atoms with Gasteiger partial charge in [0.15, 0.2) is 0 Å². The Kier molecular flexibility index (Phi) is 6.50. The number of anilines is 2.